The number of rotatable bonds is 5. The average molecular weight is 451 g/mol. The first-order valence-corrected chi connectivity index (χ1v) is 12.0. The van der Waals surface area contributed by atoms with E-state index in [1.807, 2.05) is 55.4 Å². The van der Waals surface area contributed by atoms with Gasteiger partial charge in [0, 0.05) is 0 Å². The molecule has 0 amide bonds. The zero-order valence-corrected chi connectivity index (χ0v) is 21.2. The number of methoxy groups -OCH3 is 2. The summed E-state index contributed by atoms with van der Waals surface area (Å²) in [6.07, 6.45) is 0. The molecule has 0 radical (unpaired) electrons. The summed E-state index contributed by atoms with van der Waals surface area (Å²) in [7, 11) is 1.00. The Morgan fingerprint density at radius 2 is 1.00 bits per heavy atom. The Labute approximate surface area is 179 Å². The molecule has 176 valence electrons. The quantitative estimate of drug-likeness (QED) is 0.462. The van der Waals surface area contributed by atoms with Gasteiger partial charge in [0.2, 0.25) is 0 Å². The van der Waals surface area contributed by atoms with E-state index in [1.165, 1.54) is 14.2 Å². The number of esters is 2. The van der Waals surface area contributed by atoms with Gasteiger partial charge in [-0.25, -0.2) is 0 Å². The predicted molar refractivity (Wildman–Crippen MR) is 113 cm³/mol. The third-order valence-corrected chi connectivity index (χ3v) is 11.2. The van der Waals surface area contributed by atoms with Gasteiger partial charge in [-0.05, 0) is 0 Å². The second kappa shape index (κ2) is 7.09. The van der Waals surface area contributed by atoms with Crippen LogP contribution in [0.15, 0.2) is 0 Å². The first-order valence-electron chi connectivity index (χ1n) is 10.0. The van der Waals surface area contributed by atoms with E-state index >= 15 is 0 Å². The number of hydrogen-bond donors (Lipinski definition) is 0. The molecule has 1 spiro atoms. The van der Waals surface area contributed by atoms with E-state index in [1.54, 1.807) is 19.0 Å². The Balaban J connectivity index is 2.91. The molecule has 2 unspecified atom stereocenters. The van der Waals surface area contributed by atoms with Crippen LogP contribution < -0.4 is 0 Å². The fraction of sp³-hybridized carbons (Fsp3) is 0.900. The second-order valence-corrected chi connectivity index (χ2v) is 13.2. The van der Waals surface area contributed by atoms with Gasteiger partial charge in [-0.2, -0.15) is 0 Å². The SMILES string of the molecule is COC(=O)C(C(C(=O)OC)P12(OC(C)(C)C(C)(C)O1)OC(C)(C)C(C)(C)O2)N(C)C. The van der Waals surface area contributed by atoms with Crippen LogP contribution in [-0.4, -0.2) is 79.3 Å². The molecule has 9 nitrogen and oxygen atoms in total. The van der Waals surface area contributed by atoms with Crippen molar-refractivity contribution in [2.75, 3.05) is 28.3 Å². The van der Waals surface area contributed by atoms with Crippen molar-refractivity contribution in [3.05, 3.63) is 0 Å². The molecule has 10 heteroatoms. The van der Waals surface area contributed by atoms with Gasteiger partial charge in [0.05, 0.1) is 0 Å². The zero-order valence-electron chi connectivity index (χ0n) is 20.3. The molecule has 0 saturated carbocycles. The molecule has 30 heavy (non-hydrogen) atoms. The molecule has 0 aromatic rings. The Morgan fingerprint density at radius 1 is 0.700 bits per heavy atom. The van der Waals surface area contributed by atoms with Crippen molar-refractivity contribution in [2.24, 2.45) is 0 Å². The number of carbonyl (C=O) groups is 2. The summed E-state index contributed by atoms with van der Waals surface area (Å²) in [5.41, 5.74) is -4.96. The number of carbonyl (C=O) groups excluding carboxylic acids is 2. The molecule has 0 aliphatic carbocycles. The molecular formula is C20H38NO8P. The molecule has 0 bridgehead atoms. The van der Waals surface area contributed by atoms with E-state index in [0.29, 0.717) is 0 Å². The third-order valence-electron chi connectivity index (χ3n) is 6.67. The zero-order chi connectivity index (χ0) is 23.6. The molecule has 0 aromatic carbocycles. The summed E-state index contributed by atoms with van der Waals surface area (Å²) in [6.45, 7) is 14.8. The summed E-state index contributed by atoms with van der Waals surface area (Å²) in [4.78, 5) is 27.8. The molecule has 2 atom stereocenters. The van der Waals surface area contributed by atoms with Crippen molar-refractivity contribution in [2.45, 2.75) is 89.5 Å². The van der Waals surface area contributed by atoms with E-state index in [9.17, 15) is 9.59 Å². The molecule has 2 saturated heterocycles. The van der Waals surface area contributed by atoms with Gasteiger partial charge in [-0.15, -0.1) is 0 Å². The van der Waals surface area contributed by atoms with Crippen LogP contribution in [0.2, 0.25) is 0 Å². The van der Waals surface area contributed by atoms with Crippen molar-refractivity contribution < 1.29 is 37.2 Å². The van der Waals surface area contributed by atoms with Crippen LogP contribution >= 0.6 is 7.51 Å². The van der Waals surface area contributed by atoms with E-state index in [-0.39, 0.29) is 0 Å². The first kappa shape index (κ1) is 25.4. The van der Waals surface area contributed by atoms with Crippen molar-refractivity contribution >= 4 is 19.4 Å². The van der Waals surface area contributed by atoms with Crippen LogP contribution in [0, 0.1) is 0 Å². The fourth-order valence-corrected chi connectivity index (χ4v) is 9.97. The van der Waals surface area contributed by atoms with Gasteiger partial charge in [0.15, 0.2) is 0 Å². The summed E-state index contributed by atoms with van der Waals surface area (Å²) >= 11 is 0. The first-order chi connectivity index (χ1) is 13.3. The Kier molecular flexibility index (Phi) is 6.01. The standard InChI is InChI=1S/C20H38NO8P/c1-17(2)18(3,4)27-30(26-17,28-19(5,6)20(7,8)29-30)14(16(23)25-12)13(21(9)10)15(22)24-11/h13-14H,1-12H3. The monoisotopic (exact) mass is 451 g/mol. The molecule has 2 rings (SSSR count). The molecule has 2 aliphatic heterocycles. The van der Waals surface area contributed by atoms with Crippen molar-refractivity contribution in [3.8, 4) is 0 Å². The number of nitrogens with zero attached hydrogens (tertiary/aromatic N) is 1. The van der Waals surface area contributed by atoms with Crippen molar-refractivity contribution in [1.82, 2.24) is 4.90 Å². The topological polar surface area (TPSA) is 92.8 Å². The minimum atomic E-state index is -4.81. The Hall–Kier alpha value is -0.830. The van der Waals surface area contributed by atoms with Crippen LogP contribution in [0.5, 0.6) is 0 Å². The molecule has 0 aromatic heterocycles. The summed E-state index contributed by atoms with van der Waals surface area (Å²) in [6, 6.07) is -1.13. The number of ether oxygens (including phenoxy) is 2. The van der Waals surface area contributed by atoms with Crippen LogP contribution in [0.3, 0.4) is 0 Å². The predicted octanol–water partition coefficient (Wildman–Crippen LogP) is 3.05. The van der Waals surface area contributed by atoms with Crippen molar-refractivity contribution in [3.63, 3.8) is 0 Å². The van der Waals surface area contributed by atoms with Crippen LogP contribution in [0.25, 0.3) is 0 Å². The molecular weight excluding hydrogens is 413 g/mol. The van der Waals surface area contributed by atoms with Gasteiger partial charge in [0.1, 0.15) is 0 Å². The Bertz CT molecular complexity index is 655. The van der Waals surface area contributed by atoms with E-state index < -0.39 is 53.6 Å². The molecule has 2 heterocycles. The Morgan fingerprint density at radius 3 is 1.23 bits per heavy atom. The number of hydrogen-bond acceptors (Lipinski definition) is 9. The fourth-order valence-electron chi connectivity index (χ4n) is 3.82. The van der Waals surface area contributed by atoms with Gasteiger partial charge < -0.3 is 0 Å². The van der Waals surface area contributed by atoms with Crippen molar-refractivity contribution in [1.29, 1.82) is 0 Å². The molecule has 0 N–H and O–H groups in total. The second-order valence-electron chi connectivity index (χ2n) is 10.2. The van der Waals surface area contributed by atoms with Gasteiger partial charge in [0.25, 0.3) is 0 Å². The summed E-state index contributed by atoms with van der Waals surface area (Å²) in [5.74, 6) is -1.39. The molecule has 2 aliphatic rings. The third kappa shape index (κ3) is 3.48. The minimum absolute atomic E-state index is 0.654. The van der Waals surface area contributed by atoms with Crippen LogP contribution in [0.1, 0.15) is 55.4 Å². The van der Waals surface area contributed by atoms with Gasteiger partial charge >= 0.3 is 179 Å². The summed E-state index contributed by atoms with van der Waals surface area (Å²) in [5, 5.41) is 0. The maximum atomic E-state index is 13.3. The van der Waals surface area contributed by atoms with E-state index in [0.717, 1.165) is 0 Å². The maximum absolute atomic E-state index is 13.3. The number of likely N-dealkylation sites (N-methyl/N-ethyl adjacent to an activating group) is 1. The van der Waals surface area contributed by atoms with Gasteiger partial charge in [-0.3, -0.25) is 0 Å². The van der Waals surface area contributed by atoms with E-state index in [4.69, 9.17) is 27.6 Å². The molecule has 2 fully saturated rings. The average Bonchev–Trinajstić information content (AvgIpc) is 2.81. The van der Waals surface area contributed by atoms with Crippen LogP contribution in [-0.2, 0) is 37.2 Å². The summed E-state index contributed by atoms with van der Waals surface area (Å²) < 4.78 is 36.6. The van der Waals surface area contributed by atoms with Crippen LogP contribution in [0.4, 0.5) is 0 Å². The van der Waals surface area contributed by atoms with Gasteiger partial charge in [-0.1, -0.05) is 0 Å². The van der Waals surface area contributed by atoms with E-state index in [2.05, 4.69) is 0 Å². The normalized spacial score (nSPS) is 30.2.